The number of aliphatic hydroxyl groups is 1. The van der Waals surface area contributed by atoms with Crippen LogP contribution < -0.4 is 10.5 Å². The van der Waals surface area contributed by atoms with E-state index in [1.54, 1.807) is 12.1 Å². The molecule has 0 aliphatic heterocycles. The summed E-state index contributed by atoms with van der Waals surface area (Å²) in [5.41, 5.74) is 10.1. The van der Waals surface area contributed by atoms with E-state index in [0.717, 1.165) is 18.4 Å². The van der Waals surface area contributed by atoms with Gasteiger partial charge in [-0.15, -0.1) is 0 Å². The third kappa shape index (κ3) is 7.79. The van der Waals surface area contributed by atoms with Gasteiger partial charge in [0.15, 0.2) is 0 Å². The largest absolute Gasteiger partial charge is 0.488 e. The normalized spacial score (nSPS) is 13.5. The van der Waals surface area contributed by atoms with E-state index < -0.39 is 12.0 Å². The van der Waals surface area contributed by atoms with Gasteiger partial charge in [-0.1, -0.05) is 97.1 Å². The summed E-state index contributed by atoms with van der Waals surface area (Å²) >= 11 is 0. The van der Waals surface area contributed by atoms with Crippen LogP contribution in [0, 0.1) is 0 Å². The Labute approximate surface area is 231 Å². The van der Waals surface area contributed by atoms with Crippen LogP contribution in [0.4, 0.5) is 0 Å². The predicted molar refractivity (Wildman–Crippen MR) is 156 cm³/mol. The minimum absolute atomic E-state index is 0.0933. The number of hydrogen-bond donors (Lipinski definition) is 2. The van der Waals surface area contributed by atoms with Gasteiger partial charge in [-0.2, -0.15) is 0 Å². The van der Waals surface area contributed by atoms with Crippen molar-refractivity contribution in [3.8, 4) is 5.75 Å². The van der Waals surface area contributed by atoms with Crippen LogP contribution in [0.5, 0.6) is 5.75 Å². The molecule has 0 saturated carbocycles. The number of carbonyl (C=O) groups is 1. The van der Waals surface area contributed by atoms with Gasteiger partial charge >= 0.3 is 0 Å². The van der Waals surface area contributed by atoms with Crippen molar-refractivity contribution in [1.82, 2.24) is 4.90 Å². The average molecular weight is 523 g/mol. The molecular formula is C34H38N2O3. The van der Waals surface area contributed by atoms with Crippen molar-refractivity contribution in [3.63, 3.8) is 0 Å². The monoisotopic (exact) mass is 522 g/mol. The Hall–Kier alpha value is -3.93. The zero-order valence-corrected chi connectivity index (χ0v) is 22.7. The Bertz CT molecular complexity index is 1310. The summed E-state index contributed by atoms with van der Waals surface area (Å²) in [7, 11) is 0. The second-order valence-corrected chi connectivity index (χ2v) is 10.1. The van der Waals surface area contributed by atoms with Crippen LogP contribution in [0.3, 0.4) is 0 Å². The average Bonchev–Trinajstić information content (AvgIpc) is 2.98. The number of aliphatic hydroxyl groups excluding tert-OH is 1. The van der Waals surface area contributed by atoms with E-state index in [4.69, 9.17) is 10.5 Å². The molecular weight excluding hydrogens is 484 g/mol. The van der Waals surface area contributed by atoms with Gasteiger partial charge in [0.05, 0.1) is 11.7 Å². The van der Waals surface area contributed by atoms with Gasteiger partial charge in [-0.3, -0.25) is 9.69 Å². The van der Waals surface area contributed by atoms with Gasteiger partial charge in [-0.25, -0.2) is 0 Å². The van der Waals surface area contributed by atoms with Crippen molar-refractivity contribution in [2.45, 2.75) is 51.5 Å². The molecule has 5 nitrogen and oxygen atoms in total. The number of primary amides is 1. The van der Waals surface area contributed by atoms with E-state index in [2.05, 4.69) is 55.1 Å². The maximum absolute atomic E-state index is 12.3. The topological polar surface area (TPSA) is 75.8 Å². The number of ether oxygens (including phenoxy) is 1. The molecule has 0 radical (unpaired) electrons. The van der Waals surface area contributed by atoms with Gasteiger partial charge < -0.3 is 15.6 Å². The summed E-state index contributed by atoms with van der Waals surface area (Å²) in [4.78, 5) is 14.6. The summed E-state index contributed by atoms with van der Waals surface area (Å²) in [5.74, 6) is -0.175. The molecule has 0 fully saturated rings. The lowest BCUT2D eigenvalue weighted by molar-refractivity contribution is 0.0622. The zero-order valence-electron chi connectivity index (χ0n) is 22.7. The fraction of sp³-hybridized carbons (Fsp3) is 0.265. The van der Waals surface area contributed by atoms with Crippen LogP contribution in [0.1, 0.15) is 65.0 Å². The molecule has 4 aromatic carbocycles. The maximum Gasteiger partial charge on any atom is 0.252 e. The van der Waals surface area contributed by atoms with Gasteiger partial charge in [-0.05, 0) is 61.1 Å². The quantitative estimate of drug-likeness (QED) is 0.211. The van der Waals surface area contributed by atoms with Crippen molar-refractivity contribution in [3.05, 3.63) is 137 Å². The van der Waals surface area contributed by atoms with Crippen LogP contribution in [-0.4, -0.2) is 28.5 Å². The van der Waals surface area contributed by atoms with E-state index in [1.807, 2.05) is 60.7 Å². The van der Waals surface area contributed by atoms with Crippen molar-refractivity contribution >= 4 is 5.91 Å². The second kappa shape index (κ2) is 13.7. The van der Waals surface area contributed by atoms with E-state index in [9.17, 15) is 9.90 Å². The number of benzene rings is 4. The van der Waals surface area contributed by atoms with Gasteiger partial charge in [0, 0.05) is 18.6 Å². The van der Waals surface area contributed by atoms with E-state index in [0.29, 0.717) is 24.5 Å². The highest BCUT2D eigenvalue weighted by Gasteiger charge is 2.25. The summed E-state index contributed by atoms with van der Waals surface area (Å²) in [6.07, 6.45) is 1.10. The first-order valence-electron chi connectivity index (χ1n) is 13.6. The highest BCUT2D eigenvalue weighted by Crippen LogP contribution is 2.30. The van der Waals surface area contributed by atoms with E-state index in [-0.39, 0.29) is 17.6 Å². The minimum Gasteiger partial charge on any atom is -0.488 e. The lowest BCUT2D eigenvalue weighted by Gasteiger charge is -2.36. The molecule has 0 aliphatic rings. The van der Waals surface area contributed by atoms with Crippen molar-refractivity contribution in [1.29, 1.82) is 0 Å². The van der Waals surface area contributed by atoms with Crippen LogP contribution in [-0.2, 0) is 13.0 Å². The smallest absolute Gasteiger partial charge is 0.252 e. The third-order valence-electron chi connectivity index (χ3n) is 7.31. The Kier molecular flexibility index (Phi) is 9.90. The molecule has 0 aliphatic carbocycles. The predicted octanol–water partition coefficient (Wildman–Crippen LogP) is 6.48. The maximum atomic E-state index is 12.3. The Morgan fingerprint density at radius 1 is 0.821 bits per heavy atom. The standard InChI is InChI=1S/C34H38N2O3/c1-25(18-19-27-12-6-3-7-13-27)36(26(2)29-16-10-5-11-17-29)23-32(37)30-20-21-33(31(22-30)34(35)38)39-24-28-14-8-4-9-15-28/h3-17,20-22,25-26,32,37H,18-19,23-24H2,1-2H3,(H2,35,38)/t25-,26-,32+/m0/s1. The molecule has 39 heavy (non-hydrogen) atoms. The number of aryl methyl sites for hydroxylation is 1. The molecule has 0 heterocycles. The molecule has 4 rings (SSSR count). The number of nitrogens with two attached hydrogens (primary N) is 1. The molecule has 0 bridgehead atoms. The summed E-state index contributed by atoms with van der Waals surface area (Å²) in [6.45, 7) is 5.12. The van der Waals surface area contributed by atoms with Crippen LogP contribution in [0.25, 0.3) is 0 Å². The number of carbonyl (C=O) groups excluding carboxylic acids is 1. The minimum atomic E-state index is -0.809. The van der Waals surface area contributed by atoms with Gasteiger partial charge in [0.1, 0.15) is 12.4 Å². The molecule has 4 aromatic rings. The number of hydrogen-bond acceptors (Lipinski definition) is 4. The van der Waals surface area contributed by atoms with E-state index >= 15 is 0 Å². The van der Waals surface area contributed by atoms with E-state index in [1.165, 1.54) is 11.1 Å². The first-order chi connectivity index (χ1) is 18.9. The first-order valence-corrected chi connectivity index (χ1v) is 13.6. The fourth-order valence-electron chi connectivity index (χ4n) is 4.94. The van der Waals surface area contributed by atoms with Gasteiger partial charge in [0.25, 0.3) is 5.91 Å². The van der Waals surface area contributed by atoms with Crippen molar-refractivity contribution in [2.75, 3.05) is 6.54 Å². The molecule has 0 aromatic heterocycles. The third-order valence-corrected chi connectivity index (χ3v) is 7.31. The van der Waals surface area contributed by atoms with Crippen LogP contribution >= 0.6 is 0 Å². The Morgan fingerprint density at radius 3 is 2.03 bits per heavy atom. The van der Waals surface area contributed by atoms with Crippen LogP contribution in [0.15, 0.2) is 109 Å². The molecule has 3 atom stereocenters. The Balaban J connectivity index is 1.52. The molecule has 202 valence electrons. The summed E-state index contributed by atoms with van der Waals surface area (Å²) in [6, 6.07) is 36.1. The number of nitrogens with zero attached hydrogens (tertiary/aromatic N) is 1. The molecule has 5 heteroatoms. The van der Waals surface area contributed by atoms with Crippen LogP contribution in [0.2, 0.25) is 0 Å². The fourth-order valence-corrected chi connectivity index (χ4v) is 4.94. The summed E-state index contributed by atoms with van der Waals surface area (Å²) in [5, 5.41) is 11.4. The van der Waals surface area contributed by atoms with Crippen molar-refractivity contribution in [2.24, 2.45) is 5.73 Å². The molecule has 3 N–H and O–H groups in total. The van der Waals surface area contributed by atoms with Crippen molar-refractivity contribution < 1.29 is 14.6 Å². The molecule has 0 spiro atoms. The molecule has 0 saturated heterocycles. The number of rotatable bonds is 13. The summed E-state index contributed by atoms with van der Waals surface area (Å²) < 4.78 is 5.92. The zero-order chi connectivity index (χ0) is 27.6. The van der Waals surface area contributed by atoms with Gasteiger partial charge in [0.2, 0.25) is 0 Å². The Morgan fingerprint density at radius 2 is 1.41 bits per heavy atom. The second-order valence-electron chi connectivity index (χ2n) is 10.1. The first kappa shape index (κ1) is 28.1. The molecule has 1 amide bonds. The lowest BCUT2D eigenvalue weighted by Crippen LogP contribution is -2.39. The lowest BCUT2D eigenvalue weighted by atomic mass is 9.98. The molecule has 0 unspecified atom stereocenters. The highest BCUT2D eigenvalue weighted by molar-refractivity contribution is 5.95. The number of amides is 1. The highest BCUT2D eigenvalue weighted by atomic mass is 16.5. The SMILES string of the molecule is C[C@@H](CCc1ccccc1)N(C[C@@H](O)c1ccc(OCc2ccccc2)c(C(N)=O)c1)[C@@H](C)c1ccccc1.